The zero-order valence-corrected chi connectivity index (χ0v) is 16.9. The smallest absolute Gasteiger partial charge is 0.234 e. The van der Waals surface area contributed by atoms with Gasteiger partial charge in [-0.25, -0.2) is 4.98 Å². The minimum Gasteiger partial charge on any atom is -0.461 e. The summed E-state index contributed by atoms with van der Waals surface area (Å²) in [6.45, 7) is 1.97. The van der Waals surface area contributed by atoms with E-state index in [4.69, 9.17) is 4.42 Å². The number of benzene rings is 1. The van der Waals surface area contributed by atoms with Gasteiger partial charge in [0.25, 0.3) is 0 Å². The molecule has 0 aliphatic carbocycles. The molecule has 9 heteroatoms. The van der Waals surface area contributed by atoms with E-state index in [1.54, 1.807) is 23.7 Å². The van der Waals surface area contributed by atoms with Gasteiger partial charge in [0.15, 0.2) is 16.7 Å². The van der Waals surface area contributed by atoms with Crippen LogP contribution in [0.4, 0.5) is 5.69 Å². The SMILES string of the molecule is Cc1nc(-c2cccc(NC(=O)CSc3nnc(-c4ccco4)n3C)c2)cs1. The van der Waals surface area contributed by atoms with Gasteiger partial charge in [-0.1, -0.05) is 23.9 Å². The molecule has 4 aromatic rings. The highest BCUT2D eigenvalue weighted by atomic mass is 32.2. The molecule has 0 saturated carbocycles. The van der Waals surface area contributed by atoms with E-state index in [0.717, 1.165) is 22.0 Å². The summed E-state index contributed by atoms with van der Waals surface area (Å²) >= 11 is 2.92. The van der Waals surface area contributed by atoms with Crippen LogP contribution in [0.1, 0.15) is 5.01 Å². The highest BCUT2D eigenvalue weighted by Gasteiger charge is 2.14. The van der Waals surface area contributed by atoms with Crippen LogP contribution < -0.4 is 5.32 Å². The molecule has 0 aliphatic heterocycles. The third kappa shape index (κ3) is 4.00. The predicted molar refractivity (Wildman–Crippen MR) is 110 cm³/mol. The fourth-order valence-corrected chi connectivity index (χ4v) is 3.97. The quantitative estimate of drug-likeness (QED) is 0.478. The maximum atomic E-state index is 12.4. The van der Waals surface area contributed by atoms with Crippen LogP contribution in [0.15, 0.2) is 57.6 Å². The Hall–Kier alpha value is -2.91. The number of anilines is 1. The number of hydrogen-bond acceptors (Lipinski definition) is 7. The Labute approximate surface area is 169 Å². The molecular weight excluding hydrogens is 394 g/mol. The summed E-state index contributed by atoms with van der Waals surface area (Å²) < 4.78 is 7.16. The van der Waals surface area contributed by atoms with Gasteiger partial charge in [-0.05, 0) is 31.2 Å². The maximum absolute atomic E-state index is 12.4. The standard InChI is InChI=1S/C19H17N5O2S2/c1-12-20-15(10-27-12)13-5-3-6-14(9-13)21-17(25)11-28-19-23-22-18(24(19)2)16-7-4-8-26-16/h3-10H,11H2,1-2H3,(H,21,25). The first-order valence-electron chi connectivity index (χ1n) is 8.48. The van der Waals surface area contributed by atoms with Crippen LogP contribution in [0.25, 0.3) is 22.8 Å². The van der Waals surface area contributed by atoms with Crippen molar-refractivity contribution in [2.75, 3.05) is 11.1 Å². The molecular formula is C19H17N5O2S2. The normalized spacial score (nSPS) is 10.9. The Kier molecular flexibility index (Phi) is 5.27. The number of aromatic nitrogens is 4. The van der Waals surface area contributed by atoms with Crippen molar-refractivity contribution >= 4 is 34.7 Å². The Bertz CT molecular complexity index is 1100. The lowest BCUT2D eigenvalue weighted by Gasteiger charge is -2.06. The number of carbonyl (C=O) groups is 1. The average molecular weight is 412 g/mol. The summed E-state index contributed by atoms with van der Waals surface area (Å²) in [6.07, 6.45) is 1.59. The molecule has 142 valence electrons. The molecule has 1 amide bonds. The zero-order valence-electron chi connectivity index (χ0n) is 15.2. The third-order valence-electron chi connectivity index (χ3n) is 3.97. The Morgan fingerprint density at radius 2 is 2.18 bits per heavy atom. The molecule has 0 atom stereocenters. The van der Waals surface area contributed by atoms with E-state index in [0.29, 0.717) is 16.7 Å². The maximum Gasteiger partial charge on any atom is 0.234 e. The van der Waals surface area contributed by atoms with Crippen molar-refractivity contribution in [2.45, 2.75) is 12.1 Å². The summed E-state index contributed by atoms with van der Waals surface area (Å²) in [5.41, 5.74) is 2.63. The number of aryl methyl sites for hydroxylation is 1. The van der Waals surface area contributed by atoms with E-state index < -0.39 is 0 Å². The van der Waals surface area contributed by atoms with Gasteiger partial charge >= 0.3 is 0 Å². The number of amides is 1. The highest BCUT2D eigenvalue weighted by Crippen LogP contribution is 2.25. The molecule has 0 aliphatic rings. The van der Waals surface area contributed by atoms with Crippen LogP contribution in [0.3, 0.4) is 0 Å². The molecule has 0 spiro atoms. The van der Waals surface area contributed by atoms with E-state index in [1.807, 2.05) is 54.3 Å². The van der Waals surface area contributed by atoms with Crippen LogP contribution in [-0.2, 0) is 11.8 Å². The van der Waals surface area contributed by atoms with Crippen molar-refractivity contribution in [3.8, 4) is 22.8 Å². The molecule has 0 fully saturated rings. The summed E-state index contributed by atoms with van der Waals surface area (Å²) in [7, 11) is 1.84. The van der Waals surface area contributed by atoms with Gasteiger partial charge in [-0.3, -0.25) is 4.79 Å². The second kappa shape index (κ2) is 7.99. The van der Waals surface area contributed by atoms with Crippen LogP contribution in [0.2, 0.25) is 0 Å². The number of thioether (sulfide) groups is 1. The van der Waals surface area contributed by atoms with E-state index >= 15 is 0 Å². The van der Waals surface area contributed by atoms with Gasteiger partial charge in [0.2, 0.25) is 5.91 Å². The molecule has 0 unspecified atom stereocenters. The zero-order chi connectivity index (χ0) is 19.5. The topological polar surface area (TPSA) is 85.8 Å². The minimum absolute atomic E-state index is 0.112. The van der Waals surface area contributed by atoms with Crippen molar-refractivity contribution in [3.05, 3.63) is 53.0 Å². The first-order valence-corrected chi connectivity index (χ1v) is 10.3. The molecule has 0 saturated heterocycles. The predicted octanol–water partition coefficient (Wildman–Crippen LogP) is 4.24. The first kappa shape index (κ1) is 18.5. The van der Waals surface area contributed by atoms with E-state index in [2.05, 4.69) is 20.5 Å². The minimum atomic E-state index is -0.112. The summed E-state index contributed by atoms with van der Waals surface area (Å²) in [6, 6.07) is 11.3. The third-order valence-corrected chi connectivity index (χ3v) is 5.76. The lowest BCUT2D eigenvalue weighted by Crippen LogP contribution is -2.14. The fourth-order valence-electron chi connectivity index (χ4n) is 2.64. The van der Waals surface area contributed by atoms with E-state index in [9.17, 15) is 4.79 Å². The highest BCUT2D eigenvalue weighted by molar-refractivity contribution is 7.99. The average Bonchev–Trinajstić information content (AvgIpc) is 3.42. The molecule has 0 bridgehead atoms. The molecule has 1 N–H and O–H groups in total. The molecule has 3 heterocycles. The fraction of sp³-hybridized carbons (Fsp3) is 0.158. The summed E-state index contributed by atoms with van der Waals surface area (Å²) in [4.78, 5) is 16.8. The number of nitrogens with zero attached hydrogens (tertiary/aromatic N) is 4. The summed E-state index contributed by atoms with van der Waals surface area (Å²) in [5.74, 6) is 1.38. The van der Waals surface area contributed by atoms with Gasteiger partial charge in [0.05, 0.1) is 22.7 Å². The second-order valence-electron chi connectivity index (χ2n) is 6.01. The van der Waals surface area contributed by atoms with Crippen molar-refractivity contribution < 1.29 is 9.21 Å². The molecule has 4 rings (SSSR count). The van der Waals surface area contributed by atoms with E-state index in [1.165, 1.54) is 11.8 Å². The van der Waals surface area contributed by atoms with E-state index in [-0.39, 0.29) is 11.7 Å². The Morgan fingerprint density at radius 1 is 1.29 bits per heavy atom. The lowest BCUT2D eigenvalue weighted by molar-refractivity contribution is -0.113. The second-order valence-corrected chi connectivity index (χ2v) is 8.02. The van der Waals surface area contributed by atoms with Crippen LogP contribution in [-0.4, -0.2) is 31.4 Å². The van der Waals surface area contributed by atoms with Crippen molar-refractivity contribution in [1.29, 1.82) is 0 Å². The summed E-state index contributed by atoms with van der Waals surface area (Å²) in [5, 5.41) is 14.9. The molecule has 7 nitrogen and oxygen atoms in total. The Balaban J connectivity index is 1.39. The lowest BCUT2D eigenvalue weighted by atomic mass is 10.1. The van der Waals surface area contributed by atoms with Gasteiger partial charge in [-0.2, -0.15) is 0 Å². The number of thiazole rings is 1. The van der Waals surface area contributed by atoms with Crippen molar-refractivity contribution in [2.24, 2.45) is 7.05 Å². The molecule has 1 aromatic carbocycles. The van der Waals surface area contributed by atoms with Gasteiger partial charge in [-0.15, -0.1) is 21.5 Å². The number of carbonyl (C=O) groups excluding carboxylic acids is 1. The molecule has 3 aromatic heterocycles. The number of rotatable bonds is 6. The van der Waals surface area contributed by atoms with Crippen molar-refractivity contribution in [3.63, 3.8) is 0 Å². The van der Waals surface area contributed by atoms with Crippen molar-refractivity contribution in [1.82, 2.24) is 19.7 Å². The number of hydrogen-bond donors (Lipinski definition) is 1. The number of nitrogens with one attached hydrogen (secondary N) is 1. The van der Waals surface area contributed by atoms with Crippen LogP contribution in [0, 0.1) is 6.92 Å². The molecule has 28 heavy (non-hydrogen) atoms. The van der Waals surface area contributed by atoms with Gasteiger partial charge in [0.1, 0.15) is 0 Å². The van der Waals surface area contributed by atoms with Gasteiger partial charge < -0.3 is 14.3 Å². The van der Waals surface area contributed by atoms with Gasteiger partial charge in [0, 0.05) is 23.7 Å². The number of furan rings is 1. The molecule has 0 radical (unpaired) electrons. The van der Waals surface area contributed by atoms with Crippen LogP contribution >= 0.6 is 23.1 Å². The largest absolute Gasteiger partial charge is 0.461 e. The Morgan fingerprint density at radius 3 is 2.93 bits per heavy atom. The van der Waals surface area contributed by atoms with Crippen LogP contribution in [0.5, 0.6) is 0 Å². The monoisotopic (exact) mass is 411 g/mol. The first-order chi connectivity index (χ1) is 13.6.